The molecule has 2 heterocycles. The van der Waals surface area contributed by atoms with Gasteiger partial charge in [0.2, 0.25) is 35.0 Å². The summed E-state index contributed by atoms with van der Waals surface area (Å²) in [7, 11) is 1.41. The summed E-state index contributed by atoms with van der Waals surface area (Å²) in [5.41, 5.74) is -0.617. The number of anilines is 2. The normalized spacial score (nSPS) is 16.0. The minimum atomic E-state index is -1.37. The van der Waals surface area contributed by atoms with Crippen LogP contribution in [-0.4, -0.2) is 118 Å². The average molecular weight is 1030 g/mol. The number of hydrogen-bond acceptors (Lipinski definition) is 12. The van der Waals surface area contributed by atoms with E-state index in [1.54, 1.807) is 90.3 Å². The molecule has 0 unspecified atom stereocenters. The van der Waals surface area contributed by atoms with Crippen LogP contribution in [0.25, 0.3) is 10.9 Å². The SMILES string of the molecule is C=CCn1cc(NC(=O)OCc2ccccc2)c(=O)c2cc(NC(=O)[C@@H](C)NC(=O)[C@@H]3CCCN3C(=O)N[C@H](C(=O)N[C@@H](CCC(=O)OC(C)(C)C)C(=O)N[C@H](C(=O)NC)[C@@H](C)OC(C)(C)C)[C@@H](C)CC)ccc21. The van der Waals surface area contributed by atoms with Crippen LogP contribution in [0.2, 0.25) is 0 Å². The Morgan fingerprint density at radius 1 is 0.824 bits per heavy atom. The van der Waals surface area contributed by atoms with Gasteiger partial charge in [0.1, 0.15) is 48.1 Å². The molecule has 0 radical (unpaired) electrons. The summed E-state index contributed by atoms with van der Waals surface area (Å²) in [6.07, 6.45) is 2.05. The molecule has 404 valence electrons. The van der Waals surface area contributed by atoms with E-state index in [1.807, 2.05) is 25.1 Å². The molecule has 0 saturated carbocycles. The standard InChI is InChI=1S/C53H75N9O12/c1-13-26-61-29-38(58-51(71)72-30-34-19-16-15-17-20-34)44(64)36-28-35(22-24-39(36)61)56-45(65)32(4)55-47(67)40-21-18-27-62(40)50(70)60-42(31(3)14-2)49(69)57-37(23-25-41(63)74-53(9,10)11)46(66)59-43(48(68)54-12)33(5)73-52(6,7)8/h13,15-17,19-20,22,24,28-29,31-33,37,40,42-43H,1,14,18,21,23,25-27,30H2,2-12H3,(H,54,68)(H,55,67)(H,56,65)(H,57,69)(H,58,71)(H,59,66)(H,60,70)/t31-,32+,33+,37-,40-,42-,43-/m0/s1. The van der Waals surface area contributed by atoms with Gasteiger partial charge in [0, 0.05) is 43.8 Å². The first-order valence-corrected chi connectivity index (χ1v) is 24.9. The zero-order valence-electron chi connectivity index (χ0n) is 44.5. The van der Waals surface area contributed by atoms with Crippen LogP contribution in [0.1, 0.15) is 107 Å². The fourth-order valence-electron chi connectivity index (χ4n) is 8.17. The summed E-state index contributed by atoms with van der Waals surface area (Å²) in [6, 6.07) is 7.05. The van der Waals surface area contributed by atoms with E-state index in [9.17, 15) is 43.2 Å². The Morgan fingerprint density at radius 2 is 1.51 bits per heavy atom. The molecule has 1 aliphatic heterocycles. The number of allylic oxidation sites excluding steroid dienone is 1. The highest BCUT2D eigenvalue weighted by Gasteiger charge is 2.39. The second kappa shape index (κ2) is 26.6. The molecular weight excluding hydrogens is 955 g/mol. The summed E-state index contributed by atoms with van der Waals surface area (Å²) in [4.78, 5) is 123. The molecule has 21 nitrogen and oxygen atoms in total. The molecule has 0 spiro atoms. The van der Waals surface area contributed by atoms with E-state index in [0.717, 1.165) is 5.56 Å². The zero-order valence-corrected chi connectivity index (χ0v) is 44.5. The lowest BCUT2D eigenvalue weighted by molar-refractivity contribution is -0.155. The van der Waals surface area contributed by atoms with Crippen molar-refractivity contribution in [2.75, 3.05) is 24.2 Å². The van der Waals surface area contributed by atoms with Crippen LogP contribution in [0.4, 0.5) is 21.0 Å². The first-order valence-electron chi connectivity index (χ1n) is 24.9. The van der Waals surface area contributed by atoms with Crippen LogP contribution in [0.3, 0.4) is 0 Å². The predicted octanol–water partition coefficient (Wildman–Crippen LogP) is 5.01. The summed E-state index contributed by atoms with van der Waals surface area (Å²) in [6.45, 7) is 21.3. The van der Waals surface area contributed by atoms with E-state index < -0.39 is 106 Å². The molecule has 0 bridgehead atoms. The predicted molar refractivity (Wildman–Crippen MR) is 280 cm³/mol. The number of likely N-dealkylation sites (tertiary alicyclic amines) is 1. The monoisotopic (exact) mass is 1030 g/mol. The van der Waals surface area contributed by atoms with E-state index in [2.05, 4.69) is 43.8 Å². The minimum absolute atomic E-state index is 0.0152. The van der Waals surface area contributed by atoms with Crippen LogP contribution >= 0.6 is 0 Å². The summed E-state index contributed by atoms with van der Waals surface area (Å²) < 4.78 is 18.5. The molecule has 7 N–H and O–H groups in total. The number of urea groups is 1. The highest BCUT2D eigenvalue weighted by atomic mass is 16.6. The fourth-order valence-corrected chi connectivity index (χ4v) is 8.17. The van der Waals surface area contributed by atoms with Crippen LogP contribution in [-0.2, 0) is 56.1 Å². The molecule has 7 atom stereocenters. The number of nitrogens with one attached hydrogen (secondary N) is 7. The molecular formula is C53H75N9O12. The van der Waals surface area contributed by atoms with Crippen LogP contribution in [0, 0.1) is 5.92 Å². The summed E-state index contributed by atoms with van der Waals surface area (Å²) in [5.74, 6) is -4.46. The largest absolute Gasteiger partial charge is 0.460 e. The number of hydrogen-bond donors (Lipinski definition) is 7. The van der Waals surface area contributed by atoms with Crippen molar-refractivity contribution < 1.29 is 52.6 Å². The number of nitrogens with zero attached hydrogens (tertiary/aromatic N) is 2. The molecule has 1 saturated heterocycles. The van der Waals surface area contributed by atoms with E-state index in [1.165, 1.54) is 31.1 Å². The van der Waals surface area contributed by atoms with Gasteiger partial charge in [-0.25, -0.2) is 9.59 Å². The third kappa shape index (κ3) is 17.4. The van der Waals surface area contributed by atoms with Crippen molar-refractivity contribution in [3.8, 4) is 0 Å². The second-order valence-corrected chi connectivity index (χ2v) is 20.3. The lowest BCUT2D eigenvalue weighted by Gasteiger charge is -2.32. The molecule has 1 fully saturated rings. The van der Waals surface area contributed by atoms with Crippen molar-refractivity contribution in [1.29, 1.82) is 0 Å². The van der Waals surface area contributed by atoms with Gasteiger partial charge in [-0.05, 0) is 104 Å². The molecule has 74 heavy (non-hydrogen) atoms. The van der Waals surface area contributed by atoms with Gasteiger partial charge in [0.15, 0.2) is 0 Å². The second-order valence-electron chi connectivity index (χ2n) is 20.3. The lowest BCUT2D eigenvalue weighted by Crippen LogP contribution is -2.61. The van der Waals surface area contributed by atoms with Gasteiger partial charge < -0.3 is 55.6 Å². The Hall–Kier alpha value is -7.29. The van der Waals surface area contributed by atoms with Gasteiger partial charge >= 0.3 is 18.1 Å². The van der Waals surface area contributed by atoms with E-state index in [-0.39, 0.29) is 55.7 Å². The maximum absolute atomic E-state index is 14.2. The smallest absolute Gasteiger partial charge is 0.412 e. The first kappa shape index (κ1) is 59.3. The quantitative estimate of drug-likeness (QED) is 0.0517. The Labute approximate surface area is 432 Å². The van der Waals surface area contributed by atoms with Crippen molar-refractivity contribution in [3.63, 3.8) is 0 Å². The van der Waals surface area contributed by atoms with Gasteiger partial charge in [-0.3, -0.25) is 38.9 Å². The molecule has 2 aromatic carbocycles. The molecule has 1 aliphatic rings. The highest BCUT2D eigenvalue weighted by molar-refractivity contribution is 6.00. The number of fused-ring (bicyclic) bond motifs is 1. The number of rotatable bonds is 22. The average Bonchev–Trinajstić information content (AvgIpc) is 3.84. The number of ether oxygens (including phenoxy) is 3. The van der Waals surface area contributed by atoms with Gasteiger partial charge in [0.05, 0.1) is 17.2 Å². The number of likely N-dealkylation sites (N-methyl/N-ethyl adjacent to an activating group) is 1. The molecule has 4 rings (SSSR count). The maximum Gasteiger partial charge on any atom is 0.412 e. The number of amides is 8. The van der Waals surface area contributed by atoms with Crippen LogP contribution in [0.5, 0.6) is 0 Å². The van der Waals surface area contributed by atoms with Crippen LogP contribution in [0.15, 0.2) is 72.2 Å². The van der Waals surface area contributed by atoms with Gasteiger partial charge in [-0.1, -0.05) is 56.7 Å². The van der Waals surface area contributed by atoms with Gasteiger partial charge in [-0.15, -0.1) is 6.58 Å². The molecule has 8 amide bonds. The maximum atomic E-state index is 14.2. The van der Waals surface area contributed by atoms with Crippen molar-refractivity contribution >= 4 is 69.9 Å². The zero-order chi connectivity index (χ0) is 55.1. The van der Waals surface area contributed by atoms with Gasteiger partial charge in [0.25, 0.3) is 0 Å². The first-order chi connectivity index (χ1) is 34.7. The summed E-state index contributed by atoms with van der Waals surface area (Å²) >= 11 is 0. The number of esters is 1. The van der Waals surface area contributed by atoms with Crippen molar-refractivity contribution in [3.05, 3.63) is 83.2 Å². The topological polar surface area (TPSA) is 274 Å². The number of carbonyl (C=O) groups is 8. The van der Waals surface area contributed by atoms with Crippen molar-refractivity contribution in [2.24, 2.45) is 5.92 Å². The number of pyridine rings is 1. The Bertz CT molecular complexity index is 2570. The Morgan fingerprint density at radius 3 is 2.14 bits per heavy atom. The fraction of sp³-hybridized carbons (Fsp3) is 0.528. The Kier molecular flexibility index (Phi) is 21.3. The molecule has 1 aromatic heterocycles. The summed E-state index contributed by atoms with van der Waals surface area (Å²) in [5, 5.41) is 18.8. The van der Waals surface area contributed by atoms with E-state index in [4.69, 9.17) is 14.2 Å². The molecule has 21 heteroatoms. The minimum Gasteiger partial charge on any atom is -0.460 e. The van der Waals surface area contributed by atoms with E-state index in [0.29, 0.717) is 18.4 Å². The van der Waals surface area contributed by atoms with Crippen molar-refractivity contribution in [2.45, 2.75) is 162 Å². The highest BCUT2D eigenvalue weighted by Crippen LogP contribution is 2.23. The molecule has 3 aromatic rings. The van der Waals surface area contributed by atoms with Crippen molar-refractivity contribution in [1.82, 2.24) is 36.1 Å². The lowest BCUT2D eigenvalue weighted by atomic mass is 9.97. The van der Waals surface area contributed by atoms with Gasteiger partial charge in [-0.2, -0.15) is 0 Å². The third-order valence-electron chi connectivity index (χ3n) is 12.0. The van der Waals surface area contributed by atoms with E-state index >= 15 is 0 Å². The number of carbonyl (C=O) groups excluding carboxylic acids is 8. The third-order valence-corrected chi connectivity index (χ3v) is 12.0. The molecule has 0 aliphatic carbocycles. The Balaban J connectivity index is 1.47. The number of benzene rings is 2. The van der Waals surface area contributed by atoms with Crippen LogP contribution < -0.4 is 42.6 Å². The number of aromatic nitrogens is 1.